The highest BCUT2D eigenvalue weighted by atomic mass is 19.1. The van der Waals surface area contributed by atoms with Crippen LogP contribution in [0.5, 0.6) is 0 Å². The molecule has 2 unspecified atom stereocenters. The van der Waals surface area contributed by atoms with Crippen molar-refractivity contribution in [2.75, 3.05) is 0 Å². The monoisotopic (exact) mass is 280 g/mol. The molecule has 2 atom stereocenters. The minimum atomic E-state index is -0.275. The predicted molar refractivity (Wildman–Crippen MR) is 78.6 cm³/mol. The molecule has 20 heavy (non-hydrogen) atoms. The van der Waals surface area contributed by atoms with Gasteiger partial charge in [-0.05, 0) is 58.2 Å². The normalized spacial score (nSPS) is 25.6. The van der Waals surface area contributed by atoms with Crippen LogP contribution in [0.25, 0.3) is 0 Å². The van der Waals surface area contributed by atoms with Crippen LogP contribution in [0.2, 0.25) is 0 Å². The largest absolute Gasteiger partial charge is 0.369 e. The molecule has 1 aromatic rings. The summed E-state index contributed by atoms with van der Waals surface area (Å²) in [5.41, 5.74) is 4.10. The van der Waals surface area contributed by atoms with E-state index in [0.29, 0.717) is 5.56 Å². The molecule has 1 saturated heterocycles. The molecule has 3 nitrogen and oxygen atoms in total. The van der Waals surface area contributed by atoms with E-state index in [4.69, 9.17) is 10.6 Å². The topological polar surface area (TPSA) is 47.3 Å². The van der Waals surface area contributed by atoms with Gasteiger partial charge in [-0.25, -0.2) is 4.39 Å². The maximum atomic E-state index is 13.4. The van der Waals surface area contributed by atoms with Gasteiger partial charge in [-0.2, -0.15) is 0 Å². The molecule has 1 aromatic carbocycles. The van der Waals surface area contributed by atoms with Gasteiger partial charge in [0.05, 0.1) is 17.2 Å². The molecule has 112 valence electrons. The molecule has 1 fully saturated rings. The zero-order chi connectivity index (χ0) is 15.1. The van der Waals surface area contributed by atoms with Crippen LogP contribution in [0.1, 0.15) is 51.3 Å². The fourth-order valence-electron chi connectivity index (χ4n) is 3.43. The average Bonchev–Trinajstić information content (AvgIpc) is 2.53. The lowest BCUT2D eigenvalue weighted by atomic mass is 9.79. The van der Waals surface area contributed by atoms with E-state index in [2.05, 4.69) is 33.1 Å². The first-order valence-corrected chi connectivity index (χ1v) is 7.09. The Hall–Kier alpha value is -0.970. The van der Waals surface area contributed by atoms with E-state index in [0.717, 1.165) is 12.0 Å². The van der Waals surface area contributed by atoms with Gasteiger partial charge in [0.2, 0.25) is 0 Å². The number of nitrogens with two attached hydrogens (primary N) is 1. The quantitative estimate of drug-likeness (QED) is 0.660. The maximum absolute atomic E-state index is 13.4. The van der Waals surface area contributed by atoms with Gasteiger partial charge in [-0.15, -0.1) is 0 Å². The van der Waals surface area contributed by atoms with Crippen molar-refractivity contribution in [3.05, 3.63) is 35.1 Å². The van der Waals surface area contributed by atoms with Gasteiger partial charge < -0.3 is 4.74 Å². The molecule has 3 N–H and O–H groups in total. The van der Waals surface area contributed by atoms with Gasteiger partial charge >= 0.3 is 0 Å². The second-order valence-corrected chi connectivity index (χ2v) is 6.93. The van der Waals surface area contributed by atoms with Gasteiger partial charge in [-0.1, -0.05) is 12.1 Å². The Labute approximate surface area is 120 Å². The molecule has 0 aromatic heterocycles. The summed E-state index contributed by atoms with van der Waals surface area (Å²) in [5, 5.41) is 0. The summed E-state index contributed by atoms with van der Waals surface area (Å²) < 4.78 is 19.6. The minimum Gasteiger partial charge on any atom is -0.369 e. The molecule has 0 aliphatic carbocycles. The highest BCUT2D eigenvalue weighted by Gasteiger charge is 2.49. The van der Waals surface area contributed by atoms with Crippen LogP contribution < -0.4 is 11.3 Å². The number of hydrogen-bond donors (Lipinski definition) is 2. The summed E-state index contributed by atoms with van der Waals surface area (Å²) in [6.45, 7) is 10.1. The molecule has 1 aliphatic heterocycles. The van der Waals surface area contributed by atoms with E-state index in [1.54, 1.807) is 13.0 Å². The van der Waals surface area contributed by atoms with E-state index in [1.165, 1.54) is 6.07 Å². The third kappa shape index (κ3) is 2.87. The summed E-state index contributed by atoms with van der Waals surface area (Å²) in [5.74, 6) is 5.82. The lowest BCUT2D eigenvalue weighted by molar-refractivity contribution is -0.0779. The van der Waals surface area contributed by atoms with Crippen LogP contribution in [0.15, 0.2) is 18.2 Å². The van der Waals surface area contributed by atoms with E-state index >= 15 is 0 Å². The number of hydrogen-bond acceptors (Lipinski definition) is 3. The average molecular weight is 280 g/mol. The number of ether oxygens (including phenoxy) is 1. The van der Waals surface area contributed by atoms with Crippen LogP contribution >= 0.6 is 0 Å². The smallest absolute Gasteiger partial charge is 0.126 e. The fraction of sp³-hybridized carbons (Fsp3) is 0.625. The second-order valence-electron chi connectivity index (χ2n) is 6.93. The van der Waals surface area contributed by atoms with Crippen LogP contribution in [-0.2, 0) is 4.74 Å². The van der Waals surface area contributed by atoms with Crippen molar-refractivity contribution >= 4 is 0 Å². The Balaban J connectivity index is 2.35. The summed E-state index contributed by atoms with van der Waals surface area (Å²) in [4.78, 5) is 0. The third-order valence-corrected chi connectivity index (χ3v) is 4.27. The highest BCUT2D eigenvalue weighted by molar-refractivity contribution is 5.28. The number of benzene rings is 1. The SMILES string of the molecule is Cc1cc(C(NN)C2CC(C)(C)OC2(C)C)ccc1F. The van der Waals surface area contributed by atoms with Crippen molar-refractivity contribution in [3.8, 4) is 0 Å². The summed E-state index contributed by atoms with van der Waals surface area (Å²) in [7, 11) is 0. The van der Waals surface area contributed by atoms with Gasteiger partial charge in [0.15, 0.2) is 0 Å². The van der Waals surface area contributed by atoms with Crippen molar-refractivity contribution in [3.63, 3.8) is 0 Å². The molecule has 0 spiro atoms. The highest BCUT2D eigenvalue weighted by Crippen LogP contribution is 2.47. The van der Waals surface area contributed by atoms with Crippen LogP contribution in [0.3, 0.4) is 0 Å². The lowest BCUT2D eigenvalue weighted by Gasteiger charge is -2.33. The van der Waals surface area contributed by atoms with Crippen molar-refractivity contribution in [2.24, 2.45) is 11.8 Å². The van der Waals surface area contributed by atoms with Crippen LogP contribution in [0.4, 0.5) is 4.39 Å². The fourth-order valence-corrected chi connectivity index (χ4v) is 3.43. The molecule has 0 saturated carbocycles. The molecule has 0 amide bonds. The molecule has 1 heterocycles. The van der Waals surface area contributed by atoms with Gasteiger partial charge in [0, 0.05) is 5.92 Å². The van der Waals surface area contributed by atoms with Crippen molar-refractivity contribution in [1.82, 2.24) is 5.43 Å². The molecule has 1 aliphatic rings. The molecular formula is C16H25FN2O. The van der Waals surface area contributed by atoms with Crippen LogP contribution in [-0.4, -0.2) is 11.2 Å². The number of nitrogens with one attached hydrogen (secondary N) is 1. The van der Waals surface area contributed by atoms with Gasteiger partial charge in [0.1, 0.15) is 5.82 Å². The molecule has 4 heteroatoms. The number of rotatable bonds is 3. The first-order valence-electron chi connectivity index (χ1n) is 7.09. The first kappa shape index (κ1) is 15.4. The zero-order valence-corrected chi connectivity index (χ0v) is 13.0. The Bertz CT molecular complexity index is 499. The molecule has 2 rings (SSSR count). The predicted octanol–water partition coefficient (Wildman–Crippen LogP) is 3.23. The van der Waals surface area contributed by atoms with E-state index in [1.807, 2.05) is 6.07 Å². The Morgan fingerprint density at radius 2 is 2.00 bits per heavy atom. The maximum Gasteiger partial charge on any atom is 0.126 e. The van der Waals surface area contributed by atoms with Crippen molar-refractivity contribution < 1.29 is 9.13 Å². The van der Waals surface area contributed by atoms with Crippen LogP contribution in [0, 0.1) is 18.7 Å². The zero-order valence-electron chi connectivity index (χ0n) is 13.0. The van der Waals surface area contributed by atoms with E-state index < -0.39 is 0 Å². The van der Waals surface area contributed by atoms with Gasteiger partial charge in [0.25, 0.3) is 0 Å². The molecule has 0 bridgehead atoms. The van der Waals surface area contributed by atoms with E-state index in [9.17, 15) is 4.39 Å². The molecule has 0 radical (unpaired) electrons. The third-order valence-electron chi connectivity index (χ3n) is 4.27. The number of hydrazine groups is 1. The summed E-state index contributed by atoms with van der Waals surface area (Å²) in [6, 6.07) is 5.12. The Morgan fingerprint density at radius 3 is 2.45 bits per heavy atom. The standard InChI is InChI=1S/C16H25FN2O/c1-10-8-11(6-7-13(10)17)14(19-18)12-9-15(2,3)20-16(12,4)5/h6-8,12,14,19H,9,18H2,1-5H3. The Morgan fingerprint density at radius 1 is 1.35 bits per heavy atom. The van der Waals surface area contributed by atoms with Gasteiger partial charge in [-0.3, -0.25) is 11.3 Å². The second kappa shape index (κ2) is 5.10. The Kier molecular flexibility index (Phi) is 3.93. The summed E-state index contributed by atoms with van der Waals surface area (Å²) in [6.07, 6.45) is 0.908. The minimum absolute atomic E-state index is 0.0499. The van der Waals surface area contributed by atoms with Crippen molar-refractivity contribution in [2.45, 2.75) is 58.3 Å². The number of halogens is 1. The first-order chi connectivity index (χ1) is 9.16. The summed E-state index contributed by atoms with van der Waals surface area (Å²) >= 11 is 0. The van der Waals surface area contributed by atoms with Crippen molar-refractivity contribution in [1.29, 1.82) is 0 Å². The number of aryl methyl sites for hydroxylation is 1. The molecular weight excluding hydrogens is 255 g/mol. The lowest BCUT2D eigenvalue weighted by Crippen LogP contribution is -2.41. The van der Waals surface area contributed by atoms with E-state index in [-0.39, 0.29) is 29.0 Å².